The second kappa shape index (κ2) is 4.89. The Balaban J connectivity index is 2.26. The van der Waals surface area contributed by atoms with Crippen molar-refractivity contribution in [2.45, 2.75) is 6.54 Å². The van der Waals surface area contributed by atoms with E-state index in [0.717, 1.165) is 5.69 Å². The van der Waals surface area contributed by atoms with E-state index in [4.69, 9.17) is 3.07 Å². The molecule has 0 atom stereocenters. The largest absolute Gasteiger partial charge is 0.390 e. The van der Waals surface area contributed by atoms with Gasteiger partial charge in [0.2, 0.25) is 0 Å². The molecule has 1 aliphatic rings. The van der Waals surface area contributed by atoms with E-state index in [9.17, 15) is 9.59 Å². The van der Waals surface area contributed by atoms with Crippen molar-refractivity contribution in [3.05, 3.63) is 47.5 Å². The maximum absolute atomic E-state index is 12.3. The minimum absolute atomic E-state index is 0.0851. The molecule has 3 rings (SSSR count). The van der Waals surface area contributed by atoms with Crippen molar-refractivity contribution in [1.82, 2.24) is 14.5 Å². The zero-order valence-corrected chi connectivity index (χ0v) is 12.7. The van der Waals surface area contributed by atoms with Crippen molar-refractivity contribution in [1.29, 1.82) is 0 Å². The van der Waals surface area contributed by atoms with Crippen molar-refractivity contribution in [3.8, 4) is 5.69 Å². The number of rotatable bonds is 1. The SMILES string of the molecule is CN1Cc2c(C(=O)OI)ncn2-c2ccccc2C1=O. The summed E-state index contributed by atoms with van der Waals surface area (Å²) in [6.45, 7) is 0.300. The maximum atomic E-state index is 12.3. The van der Waals surface area contributed by atoms with Crippen LogP contribution in [0, 0.1) is 0 Å². The molecule has 0 bridgehead atoms. The molecule has 0 radical (unpaired) electrons. The van der Waals surface area contributed by atoms with Gasteiger partial charge >= 0.3 is 5.97 Å². The highest BCUT2D eigenvalue weighted by atomic mass is 127. The van der Waals surface area contributed by atoms with Crippen LogP contribution in [0.4, 0.5) is 0 Å². The number of aromatic nitrogens is 2. The molecule has 0 spiro atoms. The van der Waals surface area contributed by atoms with Crippen LogP contribution in [0.5, 0.6) is 0 Å². The maximum Gasteiger partial charge on any atom is 0.368 e. The van der Waals surface area contributed by atoms with Gasteiger partial charge in [0, 0.05) is 7.05 Å². The van der Waals surface area contributed by atoms with Crippen LogP contribution in [-0.2, 0) is 9.61 Å². The topological polar surface area (TPSA) is 64.4 Å². The Morgan fingerprint density at radius 2 is 2.15 bits per heavy atom. The predicted molar refractivity (Wildman–Crippen MR) is 78.8 cm³/mol. The van der Waals surface area contributed by atoms with Crippen LogP contribution in [0.15, 0.2) is 30.6 Å². The number of hydrogen-bond donors (Lipinski definition) is 0. The average Bonchev–Trinajstić information content (AvgIpc) is 2.85. The van der Waals surface area contributed by atoms with E-state index in [1.165, 1.54) is 23.0 Å². The third kappa shape index (κ3) is 1.89. The summed E-state index contributed by atoms with van der Waals surface area (Å²) in [4.78, 5) is 29.8. The summed E-state index contributed by atoms with van der Waals surface area (Å²) in [7, 11) is 1.70. The van der Waals surface area contributed by atoms with Gasteiger partial charge < -0.3 is 7.97 Å². The summed E-state index contributed by atoms with van der Waals surface area (Å²) in [6, 6.07) is 7.25. The first kappa shape index (κ1) is 13.1. The second-order valence-corrected chi connectivity index (χ2v) is 4.89. The molecule has 0 saturated heterocycles. The zero-order chi connectivity index (χ0) is 14.3. The molecule has 7 heteroatoms. The first-order chi connectivity index (χ1) is 9.63. The molecule has 1 aromatic heterocycles. The van der Waals surface area contributed by atoms with E-state index in [1.807, 2.05) is 18.2 Å². The van der Waals surface area contributed by atoms with Gasteiger partial charge in [0.25, 0.3) is 5.91 Å². The first-order valence-corrected chi connectivity index (χ1v) is 6.75. The number of halogens is 1. The second-order valence-electron chi connectivity index (χ2n) is 4.45. The van der Waals surface area contributed by atoms with Crippen LogP contribution in [0.2, 0.25) is 0 Å². The van der Waals surface area contributed by atoms with Crippen LogP contribution in [0.1, 0.15) is 26.5 Å². The molecule has 0 N–H and O–H groups in total. The van der Waals surface area contributed by atoms with E-state index in [0.29, 0.717) is 17.8 Å². The van der Waals surface area contributed by atoms with E-state index in [1.54, 1.807) is 28.9 Å². The van der Waals surface area contributed by atoms with Crippen molar-refractivity contribution in [3.63, 3.8) is 0 Å². The first-order valence-electron chi connectivity index (χ1n) is 5.87. The quantitative estimate of drug-likeness (QED) is 0.707. The Kier molecular flexibility index (Phi) is 3.20. The van der Waals surface area contributed by atoms with Crippen LogP contribution in [-0.4, -0.2) is 33.4 Å². The number of hydrogen-bond acceptors (Lipinski definition) is 4. The van der Waals surface area contributed by atoms with Gasteiger partial charge in [-0.15, -0.1) is 0 Å². The van der Waals surface area contributed by atoms with E-state index in [-0.39, 0.29) is 11.6 Å². The van der Waals surface area contributed by atoms with Gasteiger partial charge in [-0.1, -0.05) is 12.1 Å². The Hall–Kier alpha value is -1.90. The highest BCUT2D eigenvalue weighted by molar-refractivity contribution is 14.1. The smallest absolute Gasteiger partial charge is 0.368 e. The van der Waals surface area contributed by atoms with E-state index < -0.39 is 5.97 Å². The molecule has 1 aliphatic heterocycles. The summed E-state index contributed by atoms with van der Waals surface area (Å²) in [5.74, 6) is -0.599. The third-order valence-corrected chi connectivity index (χ3v) is 3.66. The van der Waals surface area contributed by atoms with Gasteiger partial charge in [-0.05, 0) is 12.1 Å². The molecule has 1 amide bonds. The minimum atomic E-state index is -0.514. The standard InChI is InChI=1S/C13H10IN3O3/c1-16-6-10-11(13(19)20-14)15-7-17(10)9-5-3-2-4-8(9)12(16)18/h2-5,7H,6H2,1H3. The molecule has 20 heavy (non-hydrogen) atoms. The molecule has 2 heterocycles. The van der Waals surface area contributed by atoms with Crippen LogP contribution < -0.4 is 0 Å². The Morgan fingerprint density at radius 3 is 2.90 bits per heavy atom. The van der Waals surface area contributed by atoms with Crippen LogP contribution >= 0.6 is 23.0 Å². The molecule has 0 aliphatic carbocycles. The summed E-state index contributed by atoms with van der Waals surface area (Å²) in [6.07, 6.45) is 1.55. The number of fused-ring (bicyclic) bond motifs is 3. The number of benzene rings is 1. The Labute approximate surface area is 129 Å². The molecule has 0 fully saturated rings. The summed E-state index contributed by atoms with van der Waals surface area (Å²) >= 11 is 1.53. The zero-order valence-electron chi connectivity index (χ0n) is 10.5. The highest BCUT2D eigenvalue weighted by Gasteiger charge is 2.28. The fourth-order valence-electron chi connectivity index (χ4n) is 2.31. The molecular formula is C13H10IN3O3. The average molecular weight is 383 g/mol. The predicted octanol–water partition coefficient (Wildman–Crippen LogP) is 1.96. The van der Waals surface area contributed by atoms with Gasteiger partial charge in [-0.3, -0.25) is 9.36 Å². The monoisotopic (exact) mass is 383 g/mol. The molecule has 1 aromatic carbocycles. The highest BCUT2D eigenvalue weighted by Crippen LogP contribution is 2.25. The fraction of sp³-hybridized carbons (Fsp3) is 0.154. The molecular weight excluding hydrogens is 373 g/mol. The lowest BCUT2D eigenvalue weighted by molar-refractivity contribution is 0.0765. The van der Waals surface area contributed by atoms with Gasteiger partial charge in [0.1, 0.15) is 6.33 Å². The van der Waals surface area contributed by atoms with Gasteiger partial charge in [0.05, 0.1) is 23.5 Å². The van der Waals surface area contributed by atoms with Gasteiger partial charge in [-0.2, -0.15) is 0 Å². The summed E-state index contributed by atoms with van der Waals surface area (Å²) in [5, 5.41) is 0. The van der Waals surface area contributed by atoms with Crippen molar-refractivity contribution in [2.24, 2.45) is 0 Å². The van der Waals surface area contributed by atoms with Crippen molar-refractivity contribution < 1.29 is 12.7 Å². The van der Waals surface area contributed by atoms with E-state index >= 15 is 0 Å². The number of imidazole rings is 1. The van der Waals surface area contributed by atoms with Gasteiger partial charge in [-0.25, -0.2) is 9.78 Å². The number of carbonyl (C=O) groups excluding carboxylic acids is 2. The summed E-state index contributed by atoms with van der Waals surface area (Å²) < 4.78 is 6.47. The number of para-hydroxylation sites is 1. The fourth-order valence-corrected chi connectivity index (χ4v) is 2.51. The molecule has 102 valence electrons. The van der Waals surface area contributed by atoms with Crippen LogP contribution in [0.3, 0.4) is 0 Å². The normalized spacial score (nSPS) is 13.5. The van der Waals surface area contributed by atoms with Crippen LogP contribution in [0.25, 0.3) is 5.69 Å². The number of carbonyl (C=O) groups is 2. The minimum Gasteiger partial charge on any atom is -0.390 e. The van der Waals surface area contributed by atoms with Gasteiger partial charge in [0.15, 0.2) is 28.7 Å². The van der Waals surface area contributed by atoms with Crippen molar-refractivity contribution in [2.75, 3.05) is 7.05 Å². The molecule has 0 saturated carbocycles. The lowest BCUT2D eigenvalue weighted by atomic mass is 10.1. The number of nitrogens with zero attached hydrogens (tertiary/aromatic N) is 3. The Bertz CT molecular complexity index is 711. The Morgan fingerprint density at radius 1 is 1.40 bits per heavy atom. The summed E-state index contributed by atoms with van der Waals surface area (Å²) in [5.41, 5.74) is 2.18. The van der Waals surface area contributed by atoms with Crippen molar-refractivity contribution >= 4 is 34.9 Å². The molecule has 6 nitrogen and oxygen atoms in total. The molecule has 2 aromatic rings. The molecule has 0 unspecified atom stereocenters. The lowest BCUT2D eigenvalue weighted by Crippen LogP contribution is -2.25. The number of amides is 1. The van der Waals surface area contributed by atoms with E-state index in [2.05, 4.69) is 4.98 Å². The third-order valence-electron chi connectivity index (χ3n) is 3.26. The lowest BCUT2D eigenvalue weighted by Gasteiger charge is -2.14.